The van der Waals surface area contributed by atoms with Crippen molar-refractivity contribution in [3.63, 3.8) is 0 Å². The molecule has 1 aliphatic carbocycles. The van der Waals surface area contributed by atoms with Crippen molar-refractivity contribution in [2.75, 3.05) is 6.54 Å². The van der Waals surface area contributed by atoms with Crippen molar-refractivity contribution >= 4 is 25.6 Å². The van der Waals surface area contributed by atoms with Crippen LogP contribution >= 0.6 is 10.7 Å². The lowest BCUT2D eigenvalue weighted by Crippen LogP contribution is -2.34. The fraction of sp³-hybridized carbons (Fsp3) is 0.500. The Bertz CT molecular complexity index is 644. The quantitative estimate of drug-likeness (QED) is 0.751. The molecular weight excluding hydrogens is 317 g/mol. The first-order valence-electron chi connectivity index (χ1n) is 6.89. The number of unbranched alkanes of at least 4 members (excludes halogenated alkanes) is 1. The molecule has 2 rings (SSSR count). The summed E-state index contributed by atoms with van der Waals surface area (Å²) in [4.78, 5) is 13.8. The highest BCUT2D eigenvalue weighted by Gasteiger charge is 2.33. The molecule has 1 aliphatic rings. The summed E-state index contributed by atoms with van der Waals surface area (Å²) in [5.74, 6) is -1.24. The Morgan fingerprint density at radius 2 is 2.10 bits per heavy atom. The van der Waals surface area contributed by atoms with E-state index in [0.717, 1.165) is 37.8 Å². The van der Waals surface area contributed by atoms with Gasteiger partial charge in [0.05, 0.1) is 10.5 Å². The minimum Gasteiger partial charge on any atom is -0.336 e. The monoisotopic (exact) mass is 333 g/mol. The van der Waals surface area contributed by atoms with Crippen LogP contribution in [0.4, 0.5) is 4.39 Å². The van der Waals surface area contributed by atoms with E-state index in [-0.39, 0.29) is 22.4 Å². The Hall–Kier alpha value is -1.14. The average Bonchev–Trinajstić information content (AvgIpc) is 3.22. The highest BCUT2D eigenvalue weighted by Crippen LogP contribution is 2.29. The van der Waals surface area contributed by atoms with E-state index in [0.29, 0.717) is 6.54 Å². The minimum atomic E-state index is -4.00. The van der Waals surface area contributed by atoms with Gasteiger partial charge in [0.1, 0.15) is 5.82 Å². The molecule has 1 fully saturated rings. The van der Waals surface area contributed by atoms with Crippen LogP contribution in [0.15, 0.2) is 23.1 Å². The zero-order valence-electron chi connectivity index (χ0n) is 11.7. The summed E-state index contributed by atoms with van der Waals surface area (Å²) in [6.07, 6.45) is 3.68. The number of carbonyl (C=O) groups is 1. The Morgan fingerprint density at radius 3 is 2.57 bits per heavy atom. The molecule has 0 N–H and O–H groups in total. The normalized spacial score (nSPS) is 15.0. The van der Waals surface area contributed by atoms with E-state index in [1.807, 2.05) is 6.92 Å². The second-order valence-electron chi connectivity index (χ2n) is 5.16. The molecule has 0 bridgehead atoms. The molecule has 1 aromatic carbocycles. The fourth-order valence-corrected chi connectivity index (χ4v) is 2.90. The molecule has 1 saturated carbocycles. The number of benzene rings is 1. The van der Waals surface area contributed by atoms with Crippen LogP contribution in [0.25, 0.3) is 0 Å². The van der Waals surface area contributed by atoms with Gasteiger partial charge in [-0.15, -0.1) is 0 Å². The molecule has 0 aliphatic heterocycles. The van der Waals surface area contributed by atoms with Crippen molar-refractivity contribution in [3.8, 4) is 0 Å². The van der Waals surface area contributed by atoms with Gasteiger partial charge in [-0.1, -0.05) is 13.3 Å². The number of hydrogen-bond donors (Lipinski definition) is 0. The zero-order valence-corrected chi connectivity index (χ0v) is 13.3. The van der Waals surface area contributed by atoms with Gasteiger partial charge in [0, 0.05) is 23.3 Å². The van der Waals surface area contributed by atoms with Crippen LogP contribution in [0.1, 0.15) is 43.0 Å². The van der Waals surface area contributed by atoms with Crippen molar-refractivity contribution in [1.82, 2.24) is 4.90 Å². The molecule has 21 heavy (non-hydrogen) atoms. The van der Waals surface area contributed by atoms with E-state index in [9.17, 15) is 17.6 Å². The first-order valence-corrected chi connectivity index (χ1v) is 9.20. The summed E-state index contributed by atoms with van der Waals surface area (Å²) in [6, 6.07) is 3.32. The molecular formula is C14H17ClFNO3S. The van der Waals surface area contributed by atoms with E-state index in [2.05, 4.69) is 0 Å². The molecule has 0 spiro atoms. The molecule has 0 aromatic heterocycles. The van der Waals surface area contributed by atoms with E-state index >= 15 is 0 Å². The van der Waals surface area contributed by atoms with Crippen molar-refractivity contribution in [3.05, 3.63) is 29.6 Å². The van der Waals surface area contributed by atoms with Gasteiger partial charge in [0.15, 0.2) is 0 Å². The molecule has 0 radical (unpaired) electrons. The predicted octanol–water partition coefficient (Wildman–Crippen LogP) is 3.16. The Kier molecular flexibility index (Phi) is 4.88. The lowest BCUT2D eigenvalue weighted by Gasteiger charge is -2.22. The highest BCUT2D eigenvalue weighted by atomic mass is 35.7. The number of halogens is 2. The van der Waals surface area contributed by atoms with Crippen LogP contribution < -0.4 is 0 Å². The summed E-state index contributed by atoms with van der Waals surface area (Å²) in [6.45, 7) is 2.62. The van der Waals surface area contributed by atoms with Crippen LogP contribution in [0.5, 0.6) is 0 Å². The molecule has 7 heteroatoms. The molecule has 1 aromatic rings. The molecule has 0 unspecified atom stereocenters. The summed E-state index contributed by atoms with van der Waals surface area (Å²) < 4.78 is 36.4. The van der Waals surface area contributed by atoms with Gasteiger partial charge in [0.2, 0.25) is 0 Å². The lowest BCUT2D eigenvalue weighted by molar-refractivity contribution is 0.0736. The number of nitrogens with zero attached hydrogens (tertiary/aromatic N) is 1. The van der Waals surface area contributed by atoms with E-state index < -0.39 is 14.9 Å². The molecule has 116 valence electrons. The van der Waals surface area contributed by atoms with Crippen LogP contribution in [-0.2, 0) is 9.05 Å². The van der Waals surface area contributed by atoms with Crippen LogP contribution in [-0.4, -0.2) is 31.8 Å². The average molecular weight is 334 g/mol. The number of rotatable bonds is 6. The second-order valence-corrected chi connectivity index (χ2v) is 7.73. The van der Waals surface area contributed by atoms with Crippen molar-refractivity contribution in [2.45, 2.75) is 43.5 Å². The lowest BCUT2D eigenvalue weighted by atomic mass is 10.1. The number of hydrogen-bond acceptors (Lipinski definition) is 3. The van der Waals surface area contributed by atoms with Gasteiger partial charge < -0.3 is 4.90 Å². The van der Waals surface area contributed by atoms with Crippen LogP contribution in [0.2, 0.25) is 0 Å². The molecule has 4 nitrogen and oxygen atoms in total. The van der Waals surface area contributed by atoms with E-state index in [1.165, 1.54) is 6.07 Å². The van der Waals surface area contributed by atoms with Gasteiger partial charge in [-0.2, -0.15) is 0 Å². The minimum absolute atomic E-state index is 0.109. The third-order valence-corrected chi connectivity index (χ3v) is 4.81. The Morgan fingerprint density at radius 1 is 1.43 bits per heavy atom. The van der Waals surface area contributed by atoms with Crippen LogP contribution in [0, 0.1) is 5.82 Å². The second kappa shape index (κ2) is 6.32. The largest absolute Gasteiger partial charge is 0.336 e. The smallest absolute Gasteiger partial charge is 0.261 e. The third kappa shape index (κ3) is 3.95. The van der Waals surface area contributed by atoms with Gasteiger partial charge >= 0.3 is 0 Å². The maximum Gasteiger partial charge on any atom is 0.261 e. The summed E-state index contributed by atoms with van der Waals surface area (Å²) in [7, 11) is 1.17. The molecule has 0 saturated heterocycles. The highest BCUT2D eigenvalue weighted by molar-refractivity contribution is 8.13. The van der Waals surface area contributed by atoms with E-state index in [4.69, 9.17) is 10.7 Å². The van der Waals surface area contributed by atoms with Gasteiger partial charge in [-0.05, 0) is 37.5 Å². The van der Waals surface area contributed by atoms with Gasteiger partial charge in [0.25, 0.3) is 15.0 Å². The topological polar surface area (TPSA) is 54.5 Å². The number of carbonyl (C=O) groups excluding carboxylic acids is 1. The van der Waals surface area contributed by atoms with Gasteiger partial charge in [-0.3, -0.25) is 4.79 Å². The summed E-state index contributed by atoms with van der Waals surface area (Å²) in [5, 5.41) is 0. The molecule has 1 amide bonds. The van der Waals surface area contributed by atoms with E-state index in [1.54, 1.807) is 4.90 Å². The third-order valence-electron chi connectivity index (χ3n) is 3.45. The Balaban J connectivity index is 2.25. The molecule has 0 atom stereocenters. The van der Waals surface area contributed by atoms with Gasteiger partial charge in [-0.25, -0.2) is 12.8 Å². The van der Waals surface area contributed by atoms with Crippen LogP contribution in [0.3, 0.4) is 0 Å². The first-order chi connectivity index (χ1) is 9.84. The zero-order chi connectivity index (χ0) is 15.6. The van der Waals surface area contributed by atoms with Crippen molar-refractivity contribution < 1.29 is 17.6 Å². The van der Waals surface area contributed by atoms with Crippen molar-refractivity contribution in [2.24, 2.45) is 0 Å². The first kappa shape index (κ1) is 16.2. The maximum atomic E-state index is 14.0. The SMILES string of the molecule is CCCCN(C(=O)c1ccc(S(=O)(=O)Cl)cc1F)C1CC1. The number of amides is 1. The summed E-state index contributed by atoms with van der Waals surface area (Å²) >= 11 is 0. The fourth-order valence-electron chi connectivity index (χ4n) is 2.14. The van der Waals surface area contributed by atoms with Crippen molar-refractivity contribution in [1.29, 1.82) is 0 Å². The predicted molar refractivity (Wildman–Crippen MR) is 78.4 cm³/mol. The Labute approximate surface area is 128 Å². The summed E-state index contributed by atoms with van der Waals surface area (Å²) in [5.41, 5.74) is -0.109. The molecule has 0 heterocycles. The standard InChI is InChI=1S/C14H17ClFNO3S/c1-2-3-8-17(10-4-5-10)14(18)12-7-6-11(9-13(12)16)21(15,19)20/h6-7,9-10H,2-5,8H2,1H3. The maximum absolute atomic E-state index is 14.0.